The van der Waals surface area contributed by atoms with Crippen molar-refractivity contribution < 1.29 is 19.5 Å². The summed E-state index contributed by atoms with van der Waals surface area (Å²) >= 11 is 0. The van der Waals surface area contributed by atoms with E-state index in [4.69, 9.17) is 5.11 Å². The minimum atomic E-state index is -1.00. The van der Waals surface area contributed by atoms with Crippen LogP contribution in [0.25, 0.3) is 0 Å². The van der Waals surface area contributed by atoms with E-state index < -0.39 is 5.97 Å². The Kier molecular flexibility index (Phi) is 9.33. The van der Waals surface area contributed by atoms with E-state index in [0.29, 0.717) is 18.7 Å². The molecule has 0 bridgehead atoms. The topological polar surface area (TPSA) is 79.6 Å². The number of anilines is 1. The van der Waals surface area contributed by atoms with Gasteiger partial charge in [-0.1, -0.05) is 32.1 Å². The van der Waals surface area contributed by atoms with Crippen LogP contribution in [0.2, 0.25) is 0 Å². The summed E-state index contributed by atoms with van der Waals surface area (Å²) in [6, 6.07) is 3.29. The maximum atomic E-state index is 12.5. The van der Waals surface area contributed by atoms with Crippen molar-refractivity contribution in [2.75, 3.05) is 4.90 Å². The predicted octanol–water partition coefficient (Wildman–Crippen LogP) is 2.58. The Morgan fingerprint density at radius 1 is 0.958 bits per heavy atom. The second-order valence-corrected chi connectivity index (χ2v) is 5.99. The molecular weight excluding hydrogens is 319 g/mol. The van der Waals surface area contributed by atoms with Gasteiger partial charge in [0, 0.05) is 48.6 Å². The van der Waals surface area contributed by atoms with Crippen LogP contribution in [-0.4, -0.2) is 57.0 Å². The molecule has 1 radical (unpaired) electrons. The van der Waals surface area contributed by atoms with E-state index in [-0.39, 0.29) is 47.9 Å². The molecule has 0 aliphatic carbocycles. The molecule has 127 valence electrons. The fourth-order valence-electron chi connectivity index (χ4n) is 2.94. The summed E-state index contributed by atoms with van der Waals surface area (Å²) in [6.07, 6.45) is 9.15. The fraction of sp³-hybridized carbons (Fsp3) is 0.588. The fourth-order valence-corrected chi connectivity index (χ4v) is 2.94. The molecule has 0 unspecified atom stereocenters. The minimum Gasteiger partial charge on any atom is -0.480 e. The quantitative estimate of drug-likeness (QED) is 0.676. The molecule has 1 aliphatic rings. The average molecular weight is 343 g/mol. The number of nitrogens with zero attached hydrogens (tertiary/aromatic N) is 2. The second-order valence-electron chi connectivity index (χ2n) is 5.99. The van der Waals surface area contributed by atoms with Crippen LogP contribution in [0.15, 0.2) is 18.3 Å². The van der Waals surface area contributed by atoms with Crippen LogP contribution in [0.1, 0.15) is 57.8 Å². The molecule has 1 N–H and O–H groups in total. The number of aliphatic carboxylic acids is 1. The van der Waals surface area contributed by atoms with E-state index in [1.54, 1.807) is 18.3 Å². The molecule has 1 fully saturated rings. The third-order valence-corrected chi connectivity index (χ3v) is 4.12. The third kappa shape index (κ3) is 6.07. The SMILES string of the molecule is O=C(O)Cn1cccc1N1C(=O)CCCCCCCCCC1=O.[Na]. The van der Waals surface area contributed by atoms with Gasteiger partial charge in [-0.2, -0.15) is 0 Å². The number of aromatic nitrogens is 1. The molecule has 0 atom stereocenters. The third-order valence-electron chi connectivity index (χ3n) is 4.12. The van der Waals surface area contributed by atoms with Crippen molar-refractivity contribution in [2.24, 2.45) is 0 Å². The van der Waals surface area contributed by atoms with Gasteiger partial charge >= 0.3 is 5.97 Å². The van der Waals surface area contributed by atoms with Crippen LogP contribution in [0.5, 0.6) is 0 Å². The summed E-state index contributed by atoms with van der Waals surface area (Å²) in [5.41, 5.74) is 0. The molecule has 6 nitrogen and oxygen atoms in total. The minimum absolute atomic E-state index is 0. The monoisotopic (exact) mass is 343 g/mol. The van der Waals surface area contributed by atoms with E-state index in [2.05, 4.69) is 0 Å². The van der Waals surface area contributed by atoms with Gasteiger partial charge in [0.15, 0.2) is 0 Å². The van der Waals surface area contributed by atoms with Crippen molar-refractivity contribution in [2.45, 2.75) is 64.3 Å². The van der Waals surface area contributed by atoms with Crippen molar-refractivity contribution in [3.8, 4) is 0 Å². The van der Waals surface area contributed by atoms with Crippen molar-refractivity contribution in [3.05, 3.63) is 18.3 Å². The number of carbonyl (C=O) groups is 3. The average Bonchev–Trinajstić information content (AvgIpc) is 2.91. The number of rotatable bonds is 3. The van der Waals surface area contributed by atoms with Crippen molar-refractivity contribution in [1.82, 2.24) is 4.57 Å². The van der Waals surface area contributed by atoms with Gasteiger partial charge in [0.25, 0.3) is 0 Å². The zero-order chi connectivity index (χ0) is 16.7. The Bertz CT molecular complexity index is 549. The number of hydrogen-bond acceptors (Lipinski definition) is 3. The van der Waals surface area contributed by atoms with Crippen molar-refractivity contribution in [3.63, 3.8) is 0 Å². The van der Waals surface area contributed by atoms with E-state index in [9.17, 15) is 14.4 Å². The molecule has 1 aromatic heterocycles. The van der Waals surface area contributed by atoms with Gasteiger partial charge in [-0.05, 0) is 25.0 Å². The van der Waals surface area contributed by atoms with Gasteiger partial charge in [-0.3, -0.25) is 14.4 Å². The summed E-state index contributed by atoms with van der Waals surface area (Å²) in [6.45, 7) is -0.264. The van der Waals surface area contributed by atoms with Crippen LogP contribution in [0.4, 0.5) is 5.82 Å². The van der Waals surface area contributed by atoms with Crippen LogP contribution in [0.3, 0.4) is 0 Å². The Balaban J connectivity index is 0.00000288. The number of carboxylic acid groups (broad SMARTS) is 1. The molecular formula is C17H24N2NaO4. The van der Waals surface area contributed by atoms with E-state index in [1.807, 2.05) is 0 Å². The molecule has 7 heteroatoms. The summed E-state index contributed by atoms with van der Waals surface area (Å²) < 4.78 is 1.43. The standard InChI is InChI=1S/C17H24N2O4.Na/c20-15-10-6-4-2-1-3-5-7-11-16(21)19(15)14-9-8-12-18(14)13-17(22)23;/h8-9,12H,1-7,10-11,13H2,(H,22,23);. The number of amides is 2. The predicted molar refractivity (Wildman–Crippen MR) is 91.9 cm³/mol. The summed E-state index contributed by atoms with van der Waals surface area (Å²) in [7, 11) is 0. The van der Waals surface area contributed by atoms with Crippen molar-refractivity contribution in [1.29, 1.82) is 0 Å². The summed E-state index contributed by atoms with van der Waals surface area (Å²) in [5.74, 6) is -1.11. The smallest absolute Gasteiger partial charge is 0.323 e. The normalized spacial score (nSPS) is 17.6. The first-order valence-electron chi connectivity index (χ1n) is 8.32. The molecule has 1 saturated heterocycles. The molecule has 0 spiro atoms. The van der Waals surface area contributed by atoms with Gasteiger partial charge < -0.3 is 9.67 Å². The molecule has 2 amide bonds. The van der Waals surface area contributed by atoms with E-state index >= 15 is 0 Å². The van der Waals surface area contributed by atoms with Crippen LogP contribution >= 0.6 is 0 Å². The Morgan fingerprint density at radius 2 is 1.46 bits per heavy atom. The Hall–Kier alpha value is -1.11. The first-order chi connectivity index (χ1) is 11.1. The largest absolute Gasteiger partial charge is 0.480 e. The molecule has 1 aliphatic heterocycles. The second kappa shape index (κ2) is 10.7. The van der Waals surface area contributed by atoms with Crippen molar-refractivity contribution >= 4 is 53.2 Å². The summed E-state index contributed by atoms with van der Waals surface area (Å²) in [4.78, 5) is 37.2. The van der Waals surface area contributed by atoms with E-state index in [1.165, 1.54) is 9.47 Å². The van der Waals surface area contributed by atoms with Gasteiger partial charge in [-0.15, -0.1) is 0 Å². The van der Waals surface area contributed by atoms with E-state index in [0.717, 1.165) is 44.9 Å². The number of carboxylic acids is 1. The Labute approximate surface area is 164 Å². The molecule has 2 heterocycles. The zero-order valence-electron chi connectivity index (χ0n) is 14.4. The molecule has 24 heavy (non-hydrogen) atoms. The summed E-state index contributed by atoms with van der Waals surface area (Å²) in [5, 5.41) is 8.98. The number of carbonyl (C=O) groups excluding carboxylic acids is 2. The van der Waals surface area contributed by atoms with Crippen LogP contribution in [0, 0.1) is 0 Å². The maximum absolute atomic E-state index is 12.5. The van der Waals surface area contributed by atoms with Gasteiger partial charge in [0.1, 0.15) is 12.4 Å². The number of hydrogen-bond donors (Lipinski definition) is 1. The first-order valence-corrected chi connectivity index (χ1v) is 8.32. The number of imide groups is 1. The first kappa shape index (κ1) is 20.9. The van der Waals surface area contributed by atoms with Crippen LogP contribution < -0.4 is 4.90 Å². The molecule has 0 aromatic carbocycles. The van der Waals surface area contributed by atoms with Gasteiger partial charge in [-0.25, -0.2) is 4.90 Å². The molecule has 0 saturated carbocycles. The van der Waals surface area contributed by atoms with Gasteiger partial charge in [0.2, 0.25) is 11.8 Å². The molecule has 2 rings (SSSR count). The molecule has 1 aromatic rings. The van der Waals surface area contributed by atoms with Gasteiger partial charge in [0.05, 0.1) is 0 Å². The Morgan fingerprint density at radius 3 is 1.96 bits per heavy atom. The maximum Gasteiger partial charge on any atom is 0.323 e. The zero-order valence-corrected chi connectivity index (χ0v) is 16.4. The van der Waals surface area contributed by atoms with Crippen LogP contribution in [-0.2, 0) is 20.9 Å².